The molecule has 0 spiro atoms. The maximum atomic E-state index is 10.5. The first-order valence-corrected chi connectivity index (χ1v) is 6.62. The quantitative estimate of drug-likeness (QED) is 0.762. The zero-order chi connectivity index (χ0) is 14.1. The van der Waals surface area contributed by atoms with Crippen molar-refractivity contribution < 1.29 is 29.2 Å². The second kappa shape index (κ2) is 5.63. The molecule has 2 aliphatic rings. The fourth-order valence-corrected chi connectivity index (χ4v) is 2.46. The van der Waals surface area contributed by atoms with E-state index in [-0.39, 0.29) is 13.1 Å². The summed E-state index contributed by atoms with van der Waals surface area (Å²) >= 11 is 0. The molecule has 0 aliphatic carbocycles. The van der Waals surface area contributed by atoms with Crippen molar-refractivity contribution in [3.05, 3.63) is 0 Å². The van der Waals surface area contributed by atoms with Crippen LogP contribution in [0.4, 0.5) is 0 Å². The molecule has 6 heteroatoms. The summed E-state index contributed by atoms with van der Waals surface area (Å²) in [5, 5.41) is 20.9. The van der Waals surface area contributed by atoms with Crippen LogP contribution in [0.25, 0.3) is 0 Å². The van der Waals surface area contributed by atoms with E-state index >= 15 is 0 Å². The lowest BCUT2D eigenvalue weighted by Crippen LogP contribution is -2.58. The highest BCUT2D eigenvalue weighted by molar-refractivity contribution is 4.96. The molecule has 0 saturated carbocycles. The Morgan fingerprint density at radius 3 is 1.79 bits per heavy atom. The largest absolute Gasteiger partial charge is 0.390 e. The maximum absolute atomic E-state index is 10.5. The monoisotopic (exact) mass is 276 g/mol. The van der Waals surface area contributed by atoms with Gasteiger partial charge in [-0.25, -0.2) is 0 Å². The van der Waals surface area contributed by atoms with Gasteiger partial charge in [-0.15, -0.1) is 0 Å². The normalized spacial score (nSPS) is 38.7. The number of aliphatic hydroxyl groups excluding tert-OH is 2. The van der Waals surface area contributed by atoms with Gasteiger partial charge in [-0.1, -0.05) is 13.8 Å². The lowest BCUT2D eigenvalue weighted by Gasteiger charge is -2.46. The number of hydrogen-bond acceptors (Lipinski definition) is 6. The van der Waals surface area contributed by atoms with Gasteiger partial charge in [0.05, 0.1) is 38.6 Å². The Morgan fingerprint density at radius 1 is 0.895 bits per heavy atom. The van der Waals surface area contributed by atoms with Crippen molar-refractivity contribution in [2.75, 3.05) is 33.2 Å². The van der Waals surface area contributed by atoms with Crippen LogP contribution < -0.4 is 0 Å². The fraction of sp³-hybridized carbons (Fsp3) is 1.00. The number of rotatable bonds is 3. The Bertz CT molecular complexity index is 294. The van der Waals surface area contributed by atoms with Gasteiger partial charge in [0.25, 0.3) is 0 Å². The minimum atomic E-state index is -0.963. The second-order valence-corrected chi connectivity index (χ2v) is 6.20. The Hall–Kier alpha value is -0.240. The first kappa shape index (κ1) is 15.2. The van der Waals surface area contributed by atoms with Gasteiger partial charge in [0.2, 0.25) is 0 Å². The summed E-state index contributed by atoms with van der Waals surface area (Å²) in [6.07, 6.45) is -2.19. The van der Waals surface area contributed by atoms with Crippen molar-refractivity contribution in [3.8, 4) is 0 Å². The summed E-state index contributed by atoms with van der Waals surface area (Å²) in [4.78, 5) is 0. The standard InChI is InChI=1S/C13H24O6/c1-9-18-6-13(3,7-19-9)11(15)10(14)12(2)4-16-8-17-5-12/h9-11,14-15H,4-8H2,1-3H3. The molecule has 2 heterocycles. The molecule has 2 aliphatic heterocycles. The third kappa shape index (κ3) is 3.09. The molecule has 0 radical (unpaired) electrons. The van der Waals surface area contributed by atoms with E-state index in [9.17, 15) is 10.2 Å². The molecule has 0 aromatic rings. The maximum Gasteiger partial charge on any atom is 0.154 e. The van der Waals surface area contributed by atoms with Crippen LogP contribution in [0.5, 0.6) is 0 Å². The van der Waals surface area contributed by atoms with Crippen molar-refractivity contribution in [3.63, 3.8) is 0 Å². The highest BCUT2D eigenvalue weighted by atomic mass is 16.7. The van der Waals surface area contributed by atoms with E-state index in [1.54, 1.807) is 0 Å². The van der Waals surface area contributed by atoms with Crippen LogP contribution in [0, 0.1) is 10.8 Å². The molecule has 2 saturated heterocycles. The van der Waals surface area contributed by atoms with Crippen LogP contribution in [-0.2, 0) is 18.9 Å². The third-order valence-corrected chi connectivity index (χ3v) is 4.05. The number of hydrogen-bond donors (Lipinski definition) is 2. The summed E-state index contributed by atoms with van der Waals surface area (Å²) in [5.41, 5.74) is -1.25. The van der Waals surface area contributed by atoms with Gasteiger partial charge in [0.1, 0.15) is 6.79 Å². The highest BCUT2D eigenvalue weighted by Crippen LogP contribution is 2.36. The summed E-state index contributed by atoms with van der Waals surface area (Å²) in [6.45, 7) is 7.16. The Labute approximate surface area is 113 Å². The number of ether oxygens (including phenoxy) is 4. The Balaban J connectivity index is 2.03. The number of aliphatic hydroxyl groups is 2. The summed E-state index contributed by atoms with van der Waals surface area (Å²) in [6, 6.07) is 0. The molecule has 112 valence electrons. The summed E-state index contributed by atoms with van der Waals surface area (Å²) in [7, 11) is 0. The van der Waals surface area contributed by atoms with E-state index in [0.29, 0.717) is 26.4 Å². The first-order chi connectivity index (χ1) is 8.87. The molecule has 0 bridgehead atoms. The van der Waals surface area contributed by atoms with E-state index < -0.39 is 23.0 Å². The zero-order valence-electron chi connectivity index (χ0n) is 11.8. The van der Waals surface area contributed by atoms with Gasteiger partial charge in [0.15, 0.2) is 6.29 Å². The molecule has 2 N–H and O–H groups in total. The van der Waals surface area contributed by atoms with Gasteiger partial charge < -0.3 is 29.2 Å². The van der Waals surface area contributed by atoms with E-state index in [1.165, 1.54) is 0 Å². The van der Waals surface area contributed by atoms with Gasteiger partial charge in [-0.3, -0.25) is 0 Å². The van der Waals surface area contributed by atoms with Gasteiger partial charge >= 0.3 is 0 Å². The Kier molecular flexibility index (Phi) is 4.49. The van der Waals surface area contributed by atoms with Crippen LogP contribution in [0.1, 0.15) is 20.8 Å². The highest BCUT2D eigenvalue weighted by Gasteiger charge is 2.48. The van der Waals surface area contributed by atoms with Crippen LogP contribution >= 0.6 is 0 Å². The Morgan fingerprint density at radius 2 is 1.32 bits per heavy atom. The smallest absolute Gasteiger partial charge is 0.154 e. The SMILES string of the molecule is CC1OCC(C)(C(O)C(O)C2(C)COCOC2)CO1. The van der Waals surface area contributed by atoms with E-state index in [4.69, 9.17) is 18.9 Å². The van der Waals surface area contributed by atoms with Crippen molar-refractivity contribution in [2.24, 2.45) is 10.8 Å². The van der Waals surface area contributed by atoms with Crippen LogP contribution in [0.3, 0.4) is 0 Å². The van der Waals surface area contributed by atoms with Crippen LogP contribution in [-0.4, -0.2) is 61.9 Å². The van der Waals surface area contributed by atoms with Crippen molar-refractivity contribution >= 4 is 0 Å². The first-order valence-electron chi connectivity index (χ1n) is 6.62. The second-order valence-electron chi connectivity index (χ2n) is 6.20. The molecule has 19 heavy (non-hydrogen) atoms. The zero-order valence-corrected chi connectivity index (χ0v) is 11.8. The van der Waals surface area contributed by atoms with E-state index in [2.05, 4.69) is 0 Å². The molecule has 0 aromatic carbocycles. The molecule has 0 amide bonds. The third-order valence-electron chi connectivity index (χ3n) is 4.05. The molecule has 2 atom stereocenters. The van der Waals surface area contributed by atoms with Crippen LogP contribution in [0.15, 0.2) is 0 Å². The van der Waals surface area contributed by atoms with Crippen molar-refractivity contribution in [1.29, 1.82) is 0 Å². The predicted molar refractivity (Wildman–Crippen MR) is 66.4 cm³/mol. The van der Waals surface area contributed by atoms with E-state index in [1.807, 2.05) is 20.8 Å². The molecule has 6 nitrogen and oxygen atoms in total. The van der Waals surface area contributed by atoms with Crippen molar-refractivity contribution in [2.45, 2.75) is 39.3 Å². The summed E-state index contributed by atoms with van der Waals surface area (Å²) < 4.78 is 21.3. The lowest BCUT2D eigenvalue weighted by molar-refractivity contribution is -0.265. The summed E-state index contributed by atoms with van der Waals surface area (Å²) in [5.74, 6) is 0. The molecule has 2 fully saturated rings. The fourth-order valence-electron chi connectivity index (χ4n) is 2.46. The topological polar surface area (TPSA) is 77.4 Å². The minimum absolute atomic E-state index is 0.236. The van der Waals surface area contributed by atoms with Gasteiger partial charge in [-0.05, 0) is 6.92 Å². The predicted octanol–water partition coefficient (Wildman–Crippen LogP) is 0.118. The van der Waals surface area contributed by atoms with Crippen molar-refractivity contribution in [1.82, 2.24) is 0 Å². The lowest BCUT2D eigenvalue weighted by atomic mass is 9.73. The molecule has 0 aromatic heterocycles. The molecule has 2 unspecified atom stereocenters. The molecular weight excluding hydrogens is 252 g/mol. The van der Waals surface area contributed by atoms with Gasteiger partial charge in [0, 0.05) is 10.8 Å². The average molecular weight is 276 g/mol. The molecular formula is C13H24O6. The minimum Gasteiger partial charge on any atom is -0.390 e. The average Bonchev–Trinajstić information content (AvgIpc) is 2.41. The molecule has 2 rings (SSSR count). The van der Waals surface area contributed by atoms with Crippen LogP contribution in [0.2, 0.25) is 0 Å². The van der Waals surface area contributed by atoms with E-state index in [0.717, 1.165) is 0 Å². The van der Waals surface area contributed by atoms with Gasteiger partial charge in [-0.2, -0.15) is 0 Å².